The molecule has 0 saturated carbocycles. The van der Waals surface area contributed by atoms with Gasteiger partial charge < -0.3 is 14.7 Å². The van der Waals surface area contributed by atoms with E-state index >= 15 is 0 Å². The monoisotopic (exact) mass is 289 g/mol. The first-order valence-electron chi connectivity index (χ1n) is 7.25. The molecule has 2 rings (SSSR count). The van der Waals surface area contributed by atoms with Crippen molar-refractivity contribution in [1.29, 1.82) is 0 Å². The van der Waals surface area contributed by atoms with Crippen LogP contribution in [-0.2, 0) is 11.2 Å². The van der Waals surface area contributed by atoms with Crippen LogP contribution in [0.3, 0.4) is 0 Å². The number of likely N-dealkylation sites (N-methyl/N-ethyl adjacent to an activating group) is 1. The molecule has 4 nitrogen and oxygen atoms in total. The molecular weight excluding hydrogens is 266 g/mol. The van der Waals surface area contributed by atoms with Crippen molar-refractivity contribution < 1.29 is 14.6 Å². The number of amides is 1. The minimum absolute atomic E-state index is 0.0390. The van der Waals surface area contributed by atoms with Gasteiger partial charge in [-0.15, -0.1) is 0 Å². The second-order valence-electron chi connectivity index (χ2n) is 5.80. The number of aliphatic hydroxyl groups is 1. The quantitative estimate of drug-likeness (QED) is 0.867. The zero-order valence-electron chi connectivity index (χ0n) is 13.1. The Hall–Kier alpha value is -1.81. The van der Waals surface area contributed by atoms with Gasteiger partial charge in [-0.05, 0) is 35.6 Å². The Bertz CT molecular complexity index is 563. The van der Waals surface area contributed by atoms with Gasteiger partial charge in [-0.2, -0.15) is 0 Å². The van der Waals surface area contributed by atoms with Gasteiger partial charge in [0.05, 0.1) is 19.8 Å². The molecule has 0 aliphatic carbocycles. The number of fused-ring (bicyclic) bond motifs is 1. The average molecular weight is 289 g/mol. The molecule has 4 heteroatoms. The van der Waals surface area contributed by atoms with Gasteiger partial charge in [0.25, 0.3) is 5.91 Å². The number of hydrogen-bond donors (Lipinski definition) is 1. The van der Waals surface area contributed by atoms with Gasteiger partial charge in [-0.1, -0.05) is 26.0 Å². The molecule has 1 aliphatic rings. The molecule has 1 amide bonds. The summed E-state index contributed by atoms with van der Waals surface area (Å²) >= 11 is 0. The number of benzene rings is 1. The van der Waals surface area contributed by atoms with Crippen LogP contribution in [-0.4, -0.2) is 42.7 Å². The Kier molecular flexibility index (Phi) is 4.68. The van der Waals surface area contributed by atoms with Crippen LogP contribution in [0.15, 0.2) is 24.3 Å². The number of nitrogens with zero attached hydrogens (tertiary/aromatic N) is 1. The number of aliphatic hydroxyl groups excluding tert-OH is 1. The van der Waals surface area contributed by atoms with Gasteiger partial charge in [0, 0.05) is 12.6 Å². The minimum atomic E-state index is -0.192. The fraction of sp³-hybridized carbons (Fsp3) is 0.471. The summed E-state index contributed by atoms with van der Waals surface area (Å²) in [4.78, 5) is 14.4. The molecule has 1 aromatic rings. The lowest BCUT2D eigenvalue weighted by Crippen LogP contribution is -2.39. The summed E-state index contributed by atoms with van der Waals surface area (Å²) in [6.07, 6.45) is 2.63. The van der Waals surface area contributed by atoms with Crippen LogP contribution in [0.2, 0.25) is 0 Å². The lowest BCUT2D eigenvalue weighted by Gasteiger charge is -2.24. The second-order valence-corrected chi connectivity index (χ2v) is 5.80. The summed E-state index contributed by atoms with van der Waals surface area (Å²) in [7, 11) is 3.37. The molecule has 0 spiro atoms. The summed E-state index contributed by atoms with van der Waals surface area (Å²) in [5.41, 5.74) is 2.67. The van der Waals surface area contributed by atoms with Gasteiger partial charge in [-0.3, -0.25) is 4.79 Å². The third-order valence-electron chi connectivity index (χ3n) is 3.87. The van der Waals surface area contributed by atoms with Crippen LogP contribution >= 0.6 is 0 Å². The lowest BCUT2D eigenvalue weighted by molar-refractivity contribution is -0.126. The molecule has 0 bridgehead atoms. The zero-order chi connectivity index (χ0) is 15.6. The maximum Gasteiger partial charge on any atom is 0.254 e. The van der Waals surface area contributed by atoms with Gasteiger partial charge in [-0.25, -0.2) is 0 Å². The fourth-order valence-corrected chi connectivity index (χ4v) is 2.65. The molecular formula is C17H23NO3. The average Bonchev–Trinajstić information content (AvgIpc) is 2.57. The maximum absolute atomic E-state index is 12.7. The number of ether oxygens (including phenoxy) is 1. The van der Waals surface area contributed by atoms with Crippen molar-refractivity contribution in [3.63, 3.8) is 0 Å². The predicted molar refractivity (Wildman–Crippen MR) is 83.2 cm³/mol. The minimum Gasteiger partial charge on any atom is -0.497 e. The number of rotatable bonds is 3. The summed E-state index contributed by atoms with van der Waals surface area (Å²) < 4.78 is 5.29. The van der Waals surface area contributed by atoms with Crippen LogP contribution in [0.25, 0.3) is 5.57 Å². The molecule has 1 atom stereocenters. The molecule has 0 fully saturated rings. The first-order valence-corrected chi connectivity index (χ1v) is 7.25. The van der Waals surface area contributed by atoms with E-state index in [1.807, 2.05) is 24.3 Å². The Morgan fingerprint density at radius 1 is 1.48 bits per heavy atom. The first-order chi connectivity index (χ1) is 9.97. The van der Waals surface area contributed by atoms with Crippen LogP contribution in [0.1, 0.15) is 25.0 Å². The smallest absolute Gasteiger partial charge is 0.254 e. The second kappa shape index (κ2) is 6.31. The van der Waals surface area contributed by atoms with Crippen molar-refractivity contribution in [1.82, 2.24) is 4.90 Å². The van der Waals surface area contributed by atoms with E-state index in [1.165, 1.54) is 0 Å². The van der Waals surface area contributed by atoms with Gasteiger partial charge in [0.15, 0.2) is 0 Å². The molecule has 114 valence electrons. The van der Waals surface area contributed by atoms with E-state index < -0.39 is 0 Å². The molecule has 21 heavy (non-hydrogen) atoms. The highest BCUT2D eigenvalue weighted by molar-refractivity contribution is 6.20. The van der Waals surface area contributed by atoms with Crippen LogP contribution < -0.4 is 4.74 Å². The number of carbonyl (C=O) groups is 1. The Morgan fingerprint density at radius 3 is 2.76 bits per heavy atom. The van der Waals surface area contributed by atoms with Gasteiger partial charge in [0.2, 0.25) is 0 Å². The highest BCUT2D eigenvalue weighted by atomic mass is 16.5. The third kappa shape index (κ3) is 3.10. The van der Waals surface area contributed by atoms with Crippen molar-refractivity contribution in [3.8, 4) is 5.75 Å². The Labute approximate surface area is 126 Å². The van der Waals surface area contributed by atoms with Crippen molar-refractivity contribution in [2.75, 3.05) is 20.8 Å². The van der Waals surface area contributed by atoms with E-state index in [9.17, 15) is 9.90 Å². The number of allylic oxidation sites excluding steroid dienone is 1. The topological polar surface area (TPSA) is 49.8 Å². The molecule has 1 aliphatic heterocycles. The SMILES string of the molecule is COc1ccc2c(c1)/C(=C/C(C)C)C(=O)N(C)[C@@H](CO)C2. The fourth-order valence-electron chi connectivity index (χ4n) is 2.65. The molecule has 1 N–H and O–H groups in total. The largest absolute Gasteiger partial charge is 0.497 e. The number of carbonyl (C=O) groups excluding carboxylic acids is 1. The highest BCUT2D eigenvalue weighted by Crippen LogP contribution is 2.31. The van der Waals surface area contributed by atoms with Crippen molar-refractivity contribution in [3.05, 3.63) is 35.4 Å². The van der Waals surface area contributed by atoms with Crippen LogP contribution in [0.5, 0.6) is 5.75 Å². The van der Waals surface area contributed by atoms with E-state index in [2.05, 4.69) is 13.8 Å². The van der Waals surface area contributed by atoms with Gasteiger partial charge >= 0.3 is 0 Å². The van der Waals surface area contributed by atoms with Crippen LogP contribution in [0.4, 0.5) is 0 Å². The molecule has 0 unspecified atom stereocenters. The number of methoxy groups -OCH3 is 1. The highest BCUT2D eigenvalue weighted by Gasteiger charge is 2.29. The van der Waals surface area contributed by atoms with E-state index in [4.69, 9.17) is 4.74 Å². The van der Waals surface area contributed by atoms with E-state index in [0.29, 0.717) is 12.0 Å². The molecule has 0 saturated heterocycles. The molecule has 0 aromatic heterocycles. The summed E-state index contributed by atoms with van der Waals surface area (Å²) in [6, 6.07) is 5.60. The van der Waals surface area contributed by atoms with Crippen molar-refractivity contribution in [2.24, 2.45) is 5.92 Å². The Balaban J connectivity index is 2.62. The molecule has 0 radical (unpaired) electrons. The summed E-state index contributed by atoms with van der Waals surface area (Å²) in [6.45, 7) is 4.06. The first kappa shape index (κ1) is 15.6. The maximum atomic E-state index is 12.7. The summed E-state index contributed by atoms with van der Waals surface area (Å²) in [5.74, 6) is 0.957. The zero-order valence-corrected chi connectivity index (χ0v) is 13.1. The summed E-state index contributed by atoms with van der Waals surface area (Å²) in [5, 5.41) is 9.56. The number of hydrogen-bond acceptors (Lipinski definition) is 3. The van der Waals surface area contributed by atoms with Crippen molar-refractivity contribution >= 4 is 11.5 Å². The van der Waals surface area contributed by atoms with E-state index in [-0.39, 0.29) is 24.5 Å². The lowest BCUT2D eigenvalue weighted by atomic mass is 9.95. The molecule has 1 aromatic carbocycles. The normalized spacial score (nSPS) is 20.7. The predicted octanol–water partition coefficient (Wildman–Crippen LogP) is 2.11. The van der Waals surface area contributed by atoms with E-state index in [1.54, 1.807) is 19.1 Å². The standard InChI is InChI=1S/C17H23NO3/c1-11(2)7-16-15-9-14(21-4)6-5-12(15)8-13(10-19)18(3)17(16)20/h5-7,9,11,13,19H,8,10H2,1-4H3/b16-7-/t13-/m1/s1. The molecule has 1 heterocycles. The third-order valence-corrected chi connectivity index (χ3v) is 3.87. The van der Waals surface area contributed by atoms with Crippen molar-refractivity contribution in [2.45, 2.75) is 26.3 Å². The van der Waals surface area contributed by atoms with E-state index in [0.717, 1.165) is 16.9 Å². The Morgan fingerprint density at radius 2 is 2.19 bits per heavy atom. The van der Waals surface area contributed by atoms with Crippen LogP contribution in [0, 0.1) is 5.92 Å². The van der Waals surface area contributed by atoms with Gasteiger partial charge in [0.1, 0.15) is 5.75 Å².